The monoisotopic (exact) mass is 341 g/mol. The Bertz CT molecular complexity index is 454. The lowest BCUT2D eigenvalue weighted by Crippen LogP contribution is -2.38. The third-order valence-electron chi connectivity index (χ3n) is 3.89. The Morgan fingerprint density at radius 1 is 1.10 bits per heavy atom. The molecule has 0 aromatic heterocycles. The van der Waals surface area contributed by atoms with E-state index < -0.39 is 0 Å². The van der Waals surface area contributed by atoms with Crippen LogP contribution in [0.4, 0.5) is 0 Å². The van der Waals surface area contributed by atoms with Crippen molar-refractivity contribution in [2.75, 3.05) is 27.3 Å². The number of ether oxygens (including phenoxy) is 2. The van der Waals surface area contributed by atoms with Crippen molar-refractivity contribution in [1.29, 1.82) is 0 Å². The van der Waals surface area contributed by atoms with Crippen molar-refractivity contribution >= 4 is 15.9 Å². The van der Waals surface area contributed by atoms with E-state index in [1.165, 1.54) is 12.0 Å². The minimum atomic E-state index is 0.770. The van der Waals surface area contributed by atoms with Crippen LogP contribution < -0.4 is 9.47 Å². The van der Waals surface area contributed by atoms with Gasteiger partial charge in [0.05, 0.1) is 18.7 Å². The van der Waals surface area contributed by atoms with E-state index in [0.29, 0.717) is 0 Å². The van der Waals surface area contributed by atoms with Gasteiger partial charge >= 0.3 is 0 Å². The number of hydrogen-bond donors (Lipinski definition) is 0. The fraction of sp³-hybridized carbons (Fsp3) is 0.625. The van der Waals surface area contributed by atoms with Gasteiger partial charge in [0.25, 0.3) is 0 Å². The zero-order chi connectivity index (χ0) is 14.7. The third kappa shape index (κ3) is 3.67. The molecule has 1 aliphatic rings. The summed E-state index contributed by atoms with van der Waals surface area (Å²) < 4.78 is 11.8. The number of benzene rings is 1. The Labute approximate surface area is 130 Å². The number of piperidine rings is 1. The fourth-order valence-electron chi connectivity index (χ4n) is 3.21. The normalized spacial score (nSPS) is 23.6. The lowest BCUT2D eigenvalue weighted by molar-refractivity contribution is 0.133. The summed E-state index contributed by atoms with van der Waals surface area (Å²) in [6.45, 7) is 7.93. The van der Waals surface area contributed by atoms with Crippen LogP contribution in [0.15, 0.2) is 16.6 Å². The molecule has 2 atom stereocenters. The van der Waals surface area contributed by atoms with Gasteiger partial charge in [0.1, 0.15) is 11.5 Å². The van der Waals surface area contributed by atoms with E-state index in [4.69, 9.17) is 9.47 Å². The van der Waals surface area contributed by atoms with Crippen LogP contribution in [0.3, 0.4) is 0 Å². The smallest absolute Gasteiger partial charge is 0.136 e. The van der Waals surface area contributed by atoms with E-state index >= 15 is 0 Å². The van der Waals surface area contributed by atoms with Gasteiger partial charge in [-0.05, 0) is 40.3 Å². The zero-order valence-electron chi connectivity index (χ0n) is 12.8. The van der Waals surface area contributed by atoms with Crippen molar-refractivity contribution in [3.63, 3.8) is 0 Å². The first-order chi connectivity index (χ1) is 9.53. The standard InChI is InChI=1S/C16H24BrNO2/c1-11-5-12(2)9-18(8-11)10-13-6-14(17)16(20-4)7-15(13)19-3/h6-7,11-12H,5,8-10H2,1-4H3. The average molecular weight is 342 g/mol. The molecule has 0 spiro atoms. The quantitative estimate of drug-likeness (QED) is 0.827. The maximum atomic E-state index is 5.51. The summed E-state index contributed by atoms with van der Waals surface area (Å²) in [7, 11) is 3.39. The lowest BCUT2D eigenvalue weighted by atomic mass is 9.91. The second-order valence-corrected chi connectivity index (χ2v) is 6.79. The number of methoxy groups -OCH3 is 2. The largest absolute Gasteiger partial charge is 0.496 e. The molecule has 1 saturated heterocycles. The van der Waals surface area contributed by atoms with Crippen molar-refractivity contribution in [2.24, 2.45) is 11.8 Å². The Kier molecular flexibility index (Phi) is 5.33. The molecule has 0 N–H and O–H groups in total. The third-order valence-corrected chi connectivity index (χ3v) is 4.51. The van der Waals surface area contributed by atoms with Gasteiger partial charge in [0.15, 0.2) is 0 Å². The Hall–Kier alpha value is -0.740. The molecular weight excluding hydrogens is 318 g/mol. The van der Waals surface area contributed by atoms with Gasteiger partial charge in [-0.15, -0.1) is 0 Å². The number of likely N-dealkylation sites (tertiary alicyclic amines) is 1. The zero-order valence-corrected chi connectivity index (χ0v) is 14.4. The Morgan fingerprint density at radius 3 is 2.25 bits per heavy atom. The highest BCUT2D eigenvalue weighted by molar-refractivity contribution is 9.10. The molecule has 2 rings (SSSR count). The molecule has 1 fully saturated rings. The van der Waals surface area contributed by atoms with Gasteiger partial charge < -0.3 is 9.47 Å². The molecule has 112 valence electrons. The van der Waals surface area contributed by atoms with E-state index in [2.05, 4.69) is 40.7 Å². The molecule has 4 heteroatoms. The van der Waals surface area contributed by atoms with Gasteiger partial charge in [0, 0.05) is 31.3 Å². The molecule has 1 heterocycles. The fourth-order valence-corrected chi connectivity index (χ4v) is 3.76. The topological polar surface area (TPSA) is 21.7 Å². The molecule has 3 nitrogen and oxygen atoms in total. The minimum absolute atomic E-state index is 0.770. The highest BCUT2D eigenvalue weighted by atomic mass is 79.9. The highest BCUT2D eigenvalue weighted by Crippen LogP contribution is 2.34. The summed E-state index contributed by atoms with van der Waals surface area (Å²) in [5, 5.41) is 0. The van der Waals surface area contributed by atoms with Crippen LogP contribution in [0.25, 0.3) is 0 Å². The molecule has 1 aromatic carbocycles. The lowest BCUT2D eigenvalue weighted by Gasteiger charge is -2.35. The maximum Gasteiger partial charge on any atom is 0.136 e. The summed E-state index contributed by atoms with van der Waals surface area (Å²) in [5.41, 5.74) is 1.21. The van der Waals surface area contributed by atoms with Gasteiger partial charge in [-0.25, -0.2) is 0 Å². The van der Waals surface area contributed by atoms with Crippen LogP contribution in [0.5, 0.6) is 11.5 Å². The first-order valence-electron chi connectivity index (χ1n) is 7.16. The molecule has 0 aliphatic carbocycles. The van der Waals surface area contributed by atoms with Gasteiger partial charge in [-0.1, -0.05) is 13.8 Å². The van der Waals surface area contributed by atoms with Crippen molar-refractivity contribution in [2.45, 2.75) is 26.8 Å². The molecule has 2 unspecified atom stereocenters. The van der Waals surface area contributed by atoms with E-state index in [-0.39, 0.29) is 0 Å². The second kappa shape index (κ2) is 6.81. The van der Waals surface area contributed by atoms with Crippen LogP contribution in [0, 0.1) is 11.8 Å². The van der Waals surface area contributed by atoms with E-state index in [1.54, 1.807) is 14.2 Å². The van der Waals surface area contributed by atoms with Gasteiger partial charge in [0.2, 0.25) is 0 Å². The molecule has 0 bridgehead atoms. The Balaban J connectivity index is 2.17. The van der Waals surface area contributed by atoms with Crippen LogP contribution in [-0.4, -0.2) is 32.2 Å². The molecular formula is C16H24BrNO2. The average Bonchev–Trinajstić information content (AvgIpc) is 2.38. The predicted octanol–water partition coefficient (Wildman–Crippen LogP) is 3.94. The summed E-state index contributed by atoms with van der Waals surface area (Å²) in [5.74, 6) is 3.25. The van der Waals surface area contributed by atoms with E-state index in [1.807, 2.05) is 6.07 Å². The van der Waals surface area contributed by atoms with E-state index in [0.717, 1.165) is 47.4 Å². The van der Waals surface area contributed by atoms with Crippen LogP contribution in [0.2, 0.25) is 0 Å². The van der Waals surface area contributed by atoms with Crippen molar-refractivity contribution < 1.29 is 9.47 Å². The number of hydrogen-bond acceptors (Lipinski definition) is 3. The summed E-state index contributed by atoms with van der Waals surface area (Å²) in [6, 6.07) is 4.07. The molecule has 1 aliphatic heterocycles. The van der Waals surface area contributed by atoms with Crippen molar-refractivity contribution in [1.82, 2.24) is 4.90 Å². The molecule has 0 amide bonds. The number of rotatable bonds is 4. The summed E-state index contributed by atoms with van der Waals surface area (Å²) >= 11 is 3.56. The number of nitrogens with zero attached hydrogens (tertiary/aromatic N) is 1. The predicted molar refractivity (Wildman–Crippen MR) is 85.5 cm³/mol. The second-order valence-electron chi connectivity index (χ2n) is 5.94. The molecule has 1 aromatic rings. The SMILES string of the molecule is COc1cc(OC)c(CN2CC(C)CC(C)C2)cc1Br. The summed E-state index contributed by atoms with van der Waals surface area (Å²) in [6.07, 6.45) is 1.33. The Morgan fingerprint density at radius 2 is 1.70 bits per heavy atom. The first-order valence-corrected chi connectivity index (χ1v) is 7.95. The highest BCUT2D eigenvalue weighted by Gasteiger charge is 2.23. The van der Waals surface area contributed by atoms with Crippen molar-refractivity contribution in [3.8, 4) is 11.5 Å². The number of halogens is 1. The molecule has 0 saturated carbocycles. The van der Waals surface area contributed by atoms with Crippen LogP contribution >= 0.6 is 15.9 Å². The van der Waals surface area contributed by atoms with Crippen LogP contribution in [-0.2, 0) is 6.54 Å². The van der Waals surface area contributed by atoms with E-state index in [9.17, 15) is 0 Å². The first kappa shape index (κ1) is 15.6. The summed E-state index contributed by atoms with van der Waals surface area (Å²) in [4.78, 5) is 2.52. The van der Waals surface area contributed by atoms with Crippen LogP contribution in [0.1, 0.15) is 25.8 Å². The van der Waals surface area contributed by atoms with Gasteiger partial charge in [-0.3, -0.25) is 4.90 Å². The van der Waals surface area contributed by atoms with Gasteiger partial charge in [-0.2, -0.15) is 0 Å². The molecule has 0 radical (unpaired) electrons. The maximum absolute atomic E-state index is 5.51. The minimum Gasteiger partial charge on any atom is -0.496 e. The van der Waals surface area contributed by atoms with Crippen molar-refractivity contribution in [3.05, 3.63) is 22.2 Å². The molecule has 20 heavy (non-hydrogen) atoms.